The van der Waals surface area contributed by atoms with E-state index >= 15 is 0 Å². The topological polar surface area (TPSA) is 93.8 Å². The normalized spacial score (nSPS) is 44.7. The Balaban J connectivity index is 1.71. The molecule has 6 nitrogen and oxygen atoms in total. The molecule has 4 aliphatic carbocycles. The highest BCUT2D eigenvalue weighted by atomic mass is 16.5. The molecule has 1 heterocycles. The van der Waals surface area contributed by atoms with E-state index in [1.54, 1.807) is 18.2 Å². The summed E-state index contributed by atoms with van der Waals surface area (Å²) >= 11 is 0. The van der Waals surface area contributed by atoms with Gasteiger partial charge in [-0.05, 0) is 60.3 Å². The first-order valence-corrected chi connectivity index (χ1v) is 12.2. The third-order valence-corrected chi connectivity index (χ3v) is 10.2. The van der Waals surface area contributed by atoms with Gasteiger partial charge in [0.1, 0.15) is 6.10 Å². The maximum Gasteiger partial charge on any atom is 0.302 e. The van der Waals surface area contributed by atoms with E-state index in [1.807, 2.05) is 20.8 Å². The van der Waals surface area contributed by atoms with Crippen LogP contribution in [-0.4, -0.2) is 28.7 Å². The first-order chi connectivity index (χ1) is 15.7. The highest BCUT2D eigenvalue weighted by Crippen LogP contribution is 2.73. The number of esters is 1. The molecule has 2 fully saturated rings. The summed E-state index contributed by atoms with van der Waals surface area (Å²) in [7, 11) is 0. The fourth-order valence-corrected chi connectivity index (χ4v) is 8.41. The van der Waals surface area contributed by atoms with Crippen molar-refractivity contribution in [2.75, 3.05) is 0 Å². The van der Waals surface area contributed by atoms with Gasteiger partial charge in [-0.2, -0.15) is 0 Å². The molecule has 0 aliphatic heterocycles. The Hall–Kier alpha value is -2.47. The zero-order valence-electron chi connectivity index (χ0n) is 20.8. The maximum atomic E-state index is 13.5. The standard InChI is InChI=1S/C28H34O6/c1-16(29)34-23-14-19-24(2,3)21(30)8-10-25(19,4)18-7-11-26(5)20(27(18,23)6)13-22(31)28(26,32)17-9-12-33-15-17/h8-10,12-13,15,18-19,23,32H,7,11,14H2,1-6H3/t18-,19+,23-,25-,26-,27-,28+/m1/s1. The van der Waals surface area contributed by atoms with Crippen LogP contribution in [0.4, 0.5) is 0 Å². The summed E-state index contributed by atoms with van der Waals surface area (Å²) in [6, 6.07) is 1.65. The second-order valence-electron chi connectivity index (χ2n) is 12.0. The Morgan fingerprint density at radius 3 is 2.44 bits per heavy atom. The molecule has 0 radical (unpaired) electrons. The van der Waals surface area contributed by atoms with Gasteiger partial charge in [0.25, 0.3) is 0 Å². The molecule has 1 aromatic rings. The number of allylic oxidation sites excluding steroid dienone is 2. The molecule has 7 atom stereocenters. The molecule has 2 saturated carbocycles. The third-order valence-electron chi connectivity index (χ3n) is 10.2. The molecule has 5 rings (SSSR count). The van der Waals surface area contributed by atoms with Gasteiger partial charge >= 0.3 is 5.97 Å². The van der Waals surface area contributed by atoms with Crippen molar-refractivity contribution in [3.63, 3.8) is 0 Å². The molecule has 182 valence electrons. The molecule has 0 unspecified atom stereocenters. The number of furan rings is 1. The summed E-state index contributed by atoms with van der Waals surface area (Å²) in [5.41, 5.74) is -2.94. The Bertz CT molecular complexity index is 1140. The monoisotopic (exact) mass is 466 g/mol. The van der Waals surface area contributed by atoms with Gasteiger partial charge in [0.15, 0.2) is 17.2 Å². The van der Waals surface area contributed by atoms with E-state index < -0.39 is 27.9 Å². The fourth-order valence-electron chi connectivity index (χ4n) is 8.41. The minimum absolute atomic E-state index is 0.0188. The highest BCUT2D eigenvalue weighted by Gasteiger charge is 2.72. The van der Waals surface area contributed by atoms with E-state index in [9.17, 15) is 19.5 Å². The minimum atomic E-state index is -1.74. The molecule has 1 aromatic heterocycles. The van der Waals surface area contributed by atoms with E-state index in [4.69, 9.17) is 9.15 Å². The lowest BCUT2D eigenvalue weighted by Crippen LogP contribution is -2.65. The van der Waals surface area contributed by atoms with Gasteiger partial charge < -0.3 is 14.3 Å². The highest BCUT2D eigenvalue weighted by molar-refractivity contribution is 6.03. The first kappa shape index (κ1) is 23.3. The Kier molecular flexibility index (Phi) is 4.66. The molecule has 4 aliphatic rings. The number of ketones is 2. The molecule has 34 heavy (non-hydrogen) atoms. The zero-order valence-corrected chi connectivity index (χ0v) is 20.8. The lowest BCUT2D eigenvalue weighted by Gasteiger charge is -2.66. The van der Waals surface area contributed by atoms with Gasteiger partial charge in [0.2, 0.25) is 0 Å². The summed E-state index contributed by atoms with van der Waals surface area (Å²) in [6.07, 6.45) is 9.58. The van der Waals surface area contributed by atoms with Crippen LogP contribution in [0.3, 0.4) is 0 Å². The van der Waals surface area contributed by atoms with Crippen LogP contribution in [-0.2, 0) is 24.7 Å². The molecule has 6 heteroatoms. The van der Waals surface area contributed by atoms with Crippen LogP contribution in [0.1, 0.15) is 66.4 Å². The van der Waals surface area contributed by atoms with Crippen molar-refractivity contribution in [3.8, 4) is 0 Å². The van der Waals surface area contributed by atoms with Crippen LogP contribution in [0.15, 0.2) is 46.8 Å². The summed E-state index contributed by atoms with van der Waals surface area (Å²) < 4.78 is 11.3. The molecule has 1 N–H and O–H groups in total. The lowest BCUT2D eigenvalue weighted by atomic mass is 9.38. The molecule has 0 saturated heterocycles. The van der Waals surface area contributed by atoms with Gasteiger partial charge in [0.05, 0.1) is 12.5 Å². The lowest BCUT2D eigenvalue weighted by molar-refractivity contribution is -0.194. The first-order valence-electron chi connectivity index (χ1n) is 12.2. The molecule has 0 spiro atoms. The van der Waals surface area contributed by atoms with Crippen molar-refractivity contribution >= 4 is 17.5 Å². The second kappa shape index (κ2) is 6.81. The van der Waals surface area contributed by atoms with Gasteiger partial charge in [-0.15, -0.1) is 0 Å². The van der Waals surface area contributed by atoms with Gasteiger partial charge in [0, 0.05) is 28.7 Å². The van der Waals surface area contributed by atoms with E-state index in [-0.39, 0.29) is 34.8 Å². The van der Waals surface area contributed by atoms with Gasteiger partial charge in [-0.3, -0.25) is 14.4 Å². The van der Waals surface area contributed by atoms with Crippen LogP contribution in [0.2, 0.25) is 0 Å². The van der Waals surface area contributed by atoms with Gasteiger partial charge in [-0.25, -0.2) is 0 Å². The number of fused-ring (bicyclic) bond motifs is 5. The van der Waals surface area contributed by atoms with E-state index in [0.717, 1.165) is 12.0 Å². The summed E-state index contributed by atoms with van der Waals surface area (Å²) in [5, 5.41) is 11.9. The predicted molar refractivity (Wildman–Crippen MR) is 124 cm³/mol. The average Bonchev–Trinajstić information content (AvgIpc) is 3.35. The minimum Gasteiger partial charge on any atom is -0.472 e. The SMILES string of the molecule is CC(=O)O[C@@H]1C[C@H]2C(C)(C)C(=O)C=C[C@]2(C)[C@H]2CC[C@]3(C)C(=CC(=O)[C@@]3(O)c3ccoc3)[C@@]21C. The Morgan fingerprint density at radius 2 is 1.82 bits per heavy atom. The van der Waals surface area contributed by atoms with E-state index in [1.165, 1.54) is 19.5 Å². The molecule has 0 aromatic carbocycles. The van der Waals surface area contributed by atoms with Crippen molar-refractivity contribution in [3.05, 3.63) is 48.0 Å². The number of hydrogen-bond donors (Lipinski definition) is 1. The average molecular weight is 467 g/mol. The summed E-state index contributed by atoms with van der Waals surface area (Å²) in [5.74, 6) is -0.658. The molecule has 0 amide bonds. The number of aliphatic hydroxyl groups is 1. The van der Waals surface area contributed by atoms with E-state index in [2.05, 4.69) is 19.9 Å². The van der Waals surface area contributed by atoms with Crippen LogP contribution in [0.25, 0.3) is 0 Å². The number of ether oxygens (including phenoxy) is 1. The van der Waals surface area contributed by atoms with Gasteiger partial charge in [-0.1, -0.05) is 40.7 Å². The fraction of sp³-hybridized carbons (Fsp3) is 0.607. The van der Waals surface area contributed by atoms with Crippen LogP contribution in [0.5, 0.6) is 0 Å². The zero-order chi connectivity index (χ0) is 24.9. The predicted octanol–water partition coefficient (Wildman–Crippen LogP) is 4.52. The third kappa shape index (κ3) is 2.53. The Labute approximate surface area is 200 Å². The largest absolute Gasteiger partial charge is 0.472 e. The Morgan fingerprint density at radius 1 is 1.12 bits per heavy atom. The van der Waals surface area contributed by atoms with Crippen molar-refractivity contribution in [1.82, 2.24) is 0 Å². The number of hydrogen-bond acceptors (Lipinski definition) is 6. The van der Waals surface area contributed by atoms with E-state index in [0.29, 0.717) is 18.4 Å². The van der Waals surface area contributed by atoms with Crippen molar-refractivity contribution < 1.29 is 28.6 Å². The van der Waals surface area contributed by atoms with Crippen molar-refractivity contribution in [1.29, 1.82) is 0 Å². The summed E-state index contributed by atoms with van der Waals surface area (Å²) in [6.45, 7) is 11.6. The molecule has 0 bridgehead atoms. The number of carbonyl (C=O) groups is 3. The van der Waals surface area contributed by atoms with Crippen molar-refractivity contribution in [2.24, 2.45) is 33.5 Å². The number of carbonyl (C=O) groups excluding carboxylic acids is 3. The van der Waals surface area contributed by atoms with Crippen LogP contribution >= 0.6 is 0 Å². The molecular formula is C28H34O6. The second-order valence-corrected chi connectivity index (χ2v) is 12.0. The van der Waals surface area contributed by atoms with Crippen LogP contribution < -0.4 is 0 Å². The maximum absolute atomic E-state index is 13.5. The van der Waals surface area contributed by atoms with Crippen LogP contribution in [0, 0.1) is 33.5 Å². The smallest absolute Gasteiger partial charge is 0.302 e. The molecular weight excluding hydrogens is 432 g/mol. The quantitative estimate of drug-likeness (QED) is 0.644. The summed E-state index contributed by atoms with van der Waals surface area (Å²) in [4.78, 5) is 38.7. The van der Waals surface area contributed by atoms with Crippen molar-refractivity contribution in [2.45, 2.75) is 72.5 Å². The number of rotatable bonds is 2.